The molecule has 0 aromatic carbocycles. The van der Waals surface area contributed by atoms with Gasteiger partial charge in [0.1, 0.15) is 6.04 Å². The molecule has 1 N–H and O–H groups in total. The van der Waals surface area contributed by atoms with E-state index in [0.717, 1.165) is 4.31 Å². The second kappa shape index (κ2) is 5.67. The van der Waals surface area contributed by atoms with E-state index in [0.29, 0.717) is 12.8 Å². The summed E-state index contributed by atoms with van der Waals surface area (Å²) in [5, 5.41) is 16.9. The van der Waals surface area contributed by atoms with E-state index in [2.05, 4.69) is 0 Å². The topological polar surface area (TPSA) is 98.5 Å². The molecular formula is C11H18N2O4S. The molecule has 0 bridgehead atoms. The molecule has 0 radical (unpaired) electrons. The van der Waals surface area contributed by atoms with Crippen molar-refractivity contribution in [3.63, 3.8) is 0 Å². The maximum absolute atomic E-state index is 12.2. The molecule has 3 atom stereocenters. The number of piperidine rings is 1. The van der Waals surface area contributed by atoms with Gasteiger partial charge in [-0.3, -0.25) is 4.79 Å². The number of sulfonamides is 1. The van der Waals surface area contributed by atoms with Crippen LogP contribution >= 0.6 is 0 Å². The third-order valence-corrected chi connectivity index (χ3v) is 5.56. The third-order valence-electron chi connectivity index (χ3n) is 3.34. The van der Waals surface area contributed by atoms with E-state index in [1.54, 1.807) is 19.9 Å². The number of nitriles is 1. The summed E-state index contributed by atoms with van der Waals surface area (Å²) in [4.78, 5) is 11.2. The minimum atomic E-state index is -3.86. The molecular weight excluding hydrogens is 256 g/mol. The Morgan fingerprint density at radius 1 is 1.61 bits per heavy atom. The fourth-order valence-electron chi connectivity index (χ4n) is 2.33. The summed E-state index contributed by atoms with van der Waals surface area (Å²) >= 11 is 0. The average Bonchev–Trinajstić information content (AvgIpc) is 2.29. The van der Waals surface area contributed by atoms with Gasteiger partial charge in [0.2, 0.25) is 10.0 Å². The highest BCUT2D eigenvalue weighted by atomic mass is 32.2. The average molecular weight is 274 g/mol. The molecule has 1 aliphatic rings. The fourth-order valence-corrected chi connectivity index (χ4v) is 4.21. The third kappa shape index (κ3) is 2.65. The molecule has 1 heterocycles. The zero-order valence-corrected chi connectivity index (χ0v) is 11.4. The highest BCUT2D eigenvalue weighted by molar-refractivity contribution is 7.90. The molecule has 0 amide bonds. The van der Waals surface area contributed by atoms with Crippen molar-refractivity contribution < 1.29 is 18.3 Å². The highest BCUT2D eigenvalue weighted by Crippen LogP contribution is 2.28. The Bertz CT molecular complexity index is 454. The Morgan fingerprint density at radius 2 is 2.22 bits per heavy atom. The van der Waals surface area contributed by atoms with Crippen LogP contribution in [0.4, 0.5) is 0 Å². The van der Waals surface area contributed by atoms with Crippen molar-refractivity contribution in [2.24, 2.45) is 5.92 Å². The van der Waals surface area contributed by atoms with Crippen molar-refractivity contribution in [1.29, 1.82) is 5.26 Å². The van der Waals surface area contributed by atoms with E-state index >= 15 is 0 Å². The van der Waals surface area contributed by atoms with E-state index in [1.165, 1.54) is 0 Å². The SMILES string of the molecule is CCC(C#N)S(=O)(=O)N1CCCC(C)C1C(=O)O. The second-order valence-electron chi connectivity index (χ2n) is 4.58. The first kappa shape index (κ1) is 14.9. The monoisotopic (exact) mass is 274 g/mol. The molecule has 1 rings (SSSR count). The van der Waals surface area contributed by atoms with Crippen LogP contribution in [-0.2, 0) is 14.8 Å². The maximum Gasteiger partial charge on any atom is 0.322 e. The lowest BCUT2D eigenvalue weighted by Gasteiger charge is -2.37. The van der Waals surface area contributed by atoms with Crippen LogP contribution in [-0.4, -0.2) is 41.6 Å². The first-order valence-corrected chi connectivity index (χ1v) is 7.49. The van der Waals surface area contributed by atoms with Gasteiger partial charge in [0.25, 0.3) is 0 Å². The summed E-state index contributed by atoms with van der Waals surface area (Å²) in [7, 11) is -3.86. The van der Waals surface area contributed by atoms with Gasteiger partial charge in [0.15, 0.2) is 5.25 Å². The van der Waals surface area contributed by atoms with Gasteiger partial charge in [-0.25, -0.2) is 8.42 Å². The molecule has 0 aromatic rings. The molecule has 1 saturated heterocycles. The number of rotatable bonds is 4. The van der Waals surface area contributed by atoms with Crippen molar-refractivity contribution in [1.82, 2.24) is 4.31 Å². The molecule has 102 valence electrons. The van der Waals surface area contributed by atoms with E-state index in [4.69, 9.17) is 5.26 Å². The van der Waals surface area contributed by atoms with Crippen LogP contribution in [0.15, 0.2) is 0 Å². The Kier molecular flexibility index (Phi) is 4.71. The van der Waals surface area contributed by atoms with Crippen molar-refractivity contribution in [2.75, 3.05) is 6.54 Å². The molecule has 6 nitrogen and oxygen atoms in total. The lowest BCUT2D eigenvalue weighted by Crippen LogP contribution is -2.54. The van der Waals surface area contributed by atoms with Crippen LogP contribution in [0.1, 0.15) is 33.1 Å². The molecule has 0 saturated carbocycles. The van der Waals surface area contributed by atoms with Crippen LogP contribution in [0.2, 0.25) is 0 Å². The van der Waals surface area contributed by atoms with Gasteiger partial charge in [0, 0.05) is 6.54 Å². The van der Waals surface area contributed by atoms with E-state index in [9.17, 15) is 18.3 Å². The Balaban J connectivity index is 3.13. The molecule has 1 fully saturated rings. The summed E-state index contributed by atoms with van der Waals surface area (Å²) < 4.78 is 25.5. The molecule has 0 spiro atoms. The van der Waals surface area contributed by atoms with Gasteiger partial charge in [-0.15, -0.1) is 0 Å². The van der Waals surface area contributed by atoms with Gasteiger partial charge >= 0.3 is 5.97 Å². The highest BCUT2D eigenvalue weighted by Gasteiger charge is 2.43. The zero-order chi connectivity index (χ0) is 13.9. The van der Waals surface area contributed by atoms with Crippen molar-refractivity contribution in [3.8, 4) is 6.07 Å². The minimum absolute atomic E-state index is 0.163. The van der Waals surface area contributed by atoms with Crippen LogP contribution in [0.25, 0.3) is 0 Å². The summed E-state index contributed by atoms with van der Waals surface area (Å²) in [6.45, 7) is 3.52. The van der Waals surface area contributed by atoms with Crippen molar-refractivity contribution in [2.45, 2.75) is 44.4 Å². The van der Waals surface area contributed by atoms with Crippen LogP contribution < -0.4 is 0 Å². The molecule has 3 unspecified atom stereocenters. The van der Waals surface area contributed by atoms with Gasteiger partial charge in [-0.05, 0) is 25.2 Å². The van der Waals surface area contributed by atoms with Crippen molar-refractivity contribution in [3.05, 3.63) is 0 Å². The van der Waals surface area contributed by atoms with Gasteiger partial charge in [0.05, 0.1) is 6.07 Å². The molecule has 18 heavy (non-hydrogen) atoms. The van der Waals surface area contributed by atoms with E-state index in [1.807, 2.05) is 0 Å². The first-order valence-electron chi connectivity index (χ1n) is 5.99. The lowest BCUT2D eigenvalue weighted by atomic mass is 9.93. The van der Waals surface area contributed by atoms with Gasteiger partial charge in [-0.2, -0.15) is 9.57 Å². The first-order chi connectivity index (χ1) is 8.36. The summed E-state index contributed by atoms with van der Waals surface area (Å²) in [5.74, 6) is -1.37. The largest absolute Gasteiger partial charge is 0.480 e. The molecule has 0 aromatic heterocycles. The number of hydrogen-bond acceptors (Lipinski definition) is 4. The fraction of sp³-hybridized carbons (Fsp3) is 0.818. The van der Waals surface area contributed by atoms with Crippen molar-refractivity contribution >= 4 is 16.0 Å². The normalized spacial score (nSPS) is 27.4. The minimum Gasteiger partial charge on any atom is -0.480 e. The maximum atomic E-state index is 12.2. The van der Waals surface area contributed by atoms with Crippen LogP contribution in [0.3, 0.4) is 0 Å². The lowest BCUT2D eigenvalue weighted by molar-refractivity contribution is -0.144. The van der Waals surface area contributed by atoms with Crippen LogP contribution in [0, 0.1) is 17.2 Å². The Labute approximate surface area is 107 Å². The number of hydrogen-bond donors (Lipinski definition) is 1. The quantitative estimate of drug-likeness (QED) is 0.817. The molecule has 1 aliphatic heterocycles. The predicted molar refractivity (Wildman–Crippen MR) is 65.1 cm³/mol. The van der Waals surface area contributed by atoms with E-state index < -0.39 is 27.3 Å². The standard InChI is InChI=1S/C11H18N2O4S/c1-3-9(7-12)18(16,17)13-6-4-5-8(2)10(13)11(14)15/h8-10H,3-6H2,1-2H3,(H,14,15). The molecule has 7 heteroatoms. The number of carbonyl (C=O) groups is 1. The van der Waals surface area contributed by atoms with Gasteiger partial charge in [-0.1, -0.05) is 13.8 Å². The van der Waals surface area contributed by atoms with Gasteiger partial charge < -0.3 is 5.11 Å². The Morgan fingerprint density at radius 3 is 2.67 bits per heavy atom. The summed E-state index contributed by atoms with van der Waals surface area (Å²) in [5.41, 5.74) is 0. The van der Waals surface area contributed by atoms with E-state index in [-0.39, 0.29) is 18.9 Å². The predicted octanol–water partition coefficient (Wildman–Crippen LogP) is 0.803. The zero-order valence-electron chi connectivity index (χ0n) is 10.5. The summed E-state index contributed by atoms with van der Waals surface area (Å²) in [6.07, 6.45) is 1.48. The van der Waals surface area contributed by atoms with Crippen LogP contribution in [0.5, 0.6) is 0 Å². The molecule has 0 aliphatic carbocycles. The Hall–Kier alpha value is -1.13. The summed E-state index contributed by atoms with van der Waals surface area (Å²) in [6, 6.07) is 0.691. The smallest absolute Gasteiger partial charge is 0.322 e. The number of aliphatic carboxylic acids is 1. The number of nitrogens with zero attached hydrogens (tertiary/aromatic N) is 2. The number of carboxylic acids is 1. The second-order valence-corrected chi connectivity index (χ2v) is 6.65. The number of carboxylic acid groups (broad SMARTS) is 1.